The van der Waals surface area contributed by atoms with E-state index in [9.17, 15) is 14.4 Å². The number of likely N-dealkylation sites (tertiary alicyclic amines) is 1. The van der Waals surface area contributed by atoms with E-state index in [-0.39, 0.29) is 41.4 Å². The van der Waals surface area contributed by atoms with Gasteiger partial charge in [0.25, 0.3) is 5.91 Å². The van der Waals surface area contributed by atoms with Gasteiger partial charge in [0.15, 0.2) is 0 Å². The smallest absolute Gasteiger partial charge is 0.253 e. The van der Waals surface area contributed by atoms with Crippen LogP contribution < -0.4 is 4.90 Å². The normalized spacial score (nSPS) is 37.9. The van der Waals surface area contributed by atoms with Gasteiger partial charge in [-0.1, -0.05) is 18.2 Å². The molecule has 2 saturated heterocycles. The van der Waals surface area contributed by atoms with E-state index >= 15 is 0 Å². The number of nitrogens with zero attached hydrogens (tertiary/aromatic N) is 2. The van der Waals surface area contributed by atoms with Crippen LogP contribution in [-0.4, -0.2) is 35.7 Å². The molecule has 0 aromatic heterocycles. The zero-order valence-corrected chi connectivity index (χ0v) is 15.8. The number of rotatable bonds is 2. The van der Waals surface area contributed by atoms with Crippen molar-refractivity contribution in [3.05, 3.63) is 42.0 Å². The first kappa shape index (κ1) is 16.5. The van der Waals surface area contributed by atoms with E-state index in [1.165, 1.54) is 11.3 Å². The van der Waals surface area contributed by atoms with Crippen LogP contribution in [0.3, 0.4) is 0 Å². The summed E-state index contributed by atoms with van der Waals surface area (Å²) in [7, 11) is 0. The van der Waals surface area contributed by atoms with E-state index < -0.39 is 0 Å². The number of carbonyl (C=O) groups excluding carboxylic acids is 3. The maximum atomic E-state index is 13.3. The average Bonchev–Trinajstić information content (AvgIpc) is 3.52. The minimum atomic E-state index is -0.201. The summed E-state index contributed by atoms with van der Waals surface area (Å²) < 4.78 is 0. The number of allylic oxidation sites excluding steroid dienone is 2. The van der Waals surface area contributed by atoms with Gasteiger partial charge < -0.3 is 4.90 Å². The Kier molecular flexibility index (Phi) is 3.41. The lowest BCUT2D eigenvalue weighted by Gasteiger charge is -2.37. The lowest BCUT2D eigenvalue weighted by atomic mass is 9.63. The lowest BCUT2D eigenvalue weighted by Crippen LogP contribution is -2.40. The molecule has 4 fully saturated rings. The highest BCUT2D eigenvalue weighted by atomic mass is 16.2. The Morgan fingerprint density at radius 1 is 0.893 bits per heavy atom. The van der Waals surface area contributed by atoms with Crippen LogP contribution in [0.2, 0.25) is 0 Å². The average molecular weight is 376 g/mol. The molecule has 5 heteroatoms. The Morgan fingerprint density at radius 2 is 1.54 bits per heavy atom. The second-order valence-electron chi connectivity index (χ2n) is 9.07. The maximum Gasteiger partial charge on any atom is 0.253 e. The second kappa shape index (κ2) is 5.79. The molecule has 28 heavy (non-hydrogen) atoms. The topological polar surface area (TPSA) is 57.7 Å². The third-order valence-corrected chi connectivity index (χ3v) is 7.66. The van der Waals surface area contributed by atoms with E-state index in [1.54, 1.807) is 24.3 Å². The predicted octanol–water partition coefficient (Wildman–Crippen LogP) is 2.87. The van der Waals surface area contributed by atoms with Gasteiger partial charge in [0.1, 0.15) is 0 Å². The fourth-order valence-electron chi connectivity index (χ4n) is 6.27. The molecule has 7 rings (SSSR count). The molecule has 3 amide bonds. The lowest BCUT2D eigenvalue weighted by molar-refractivity contribution is -0.124. The molecule has 2 aliphatic heterocycles. The quantitative estimate of drug-likeness (QED) is 0.589. The summed E-state index contributed by atoms with van der Waals surface area (Å²) in [5, 5.41) is 0. The highest BCUT2D eigenvalue weighted by molar-refractivity contribution is 6.23. The molecule has 2 heterocycles. The Bertz CT molecular complexity index is 880. The van der Waals surface area contributed by atoms with Crippen molar-refractivity contribution in [2.45, 2.75) is 25.7 Å². The number of amides is 3. The first-order valence-electron chi connectivity index (χ1n) is 10.6. The zero-order valence-electron chi connectivity index (χ0n) is 15.8. The van der Waals surface area contributed by atoms with E-state index in [2.05, 4.69) is 12.2 Å². The number of imide groups is 1. The minimum Gasteiger partial charge on any atom is -0.339 e. The van der Waals surface area contributed by atoms with Crippen molar-refractivity contribution in [1.82, 2.24) is 4.90 Å². The van der Waals surface area contributed by atoms with Gasteiger partial charge in [0.2, 0.25) is 11.8 Å². The van der Waals surface area contributed by atoms with Crippen molar-refractivity contribution in [3.63, 3.8) is 0 Å². The Labute approximate surface area is 164 Å². The molecule has 6 aliphatic rings. The van der Waals surface area contributed by atoms with Crippen molar-refractivity contribution in [2.24, 2.45) is 35.5 Å². The largest absolute Gasteiger partial charge is 0.339 e. The molecule has 0 N–H and O–H groups in total. The molecule has 2 saturated carbocycles. The van der Waals surface area contributed by atoms with E-state index in [4.69, 9.17) is 0 Å². The van der Waals surface area contributed by atoms with Crippen molar-refractivity contribution in [1.29, 1.82) is 0 Å². The molecule has 0 radical (unpaired) electrons. The summed E-state index contributed by atoms with van der Waals surface area (Å²) in [6.07, 6.45) is 8.78. The van der Waals surface area contributed by atoms with Crippen LogP contribution in [0.5, 0.6) is 0 Å². The molecule has 0 spiro atoms. The first-order chi connectivity index (χ1) is 13.6. The minimum absolute atomic E-state index is 0.000965. The van der Waals surface area contributed by atoms with Gasteiger partial charge in [-0.3, -0.25) is 14.4 Å². The Morgan fingerprint density at radius 3 is 2.18 bits per heavy atom. The molecule has 0 unspecified atom stereocenters. The molecule has 6 atom stereocenters. The molecule has 5 nitrogen and oxygen atoms in total. The van der Waals surface area contributed by atoms with Crippen LogP contribution in [0.1, 0.15) is 36.0 Å². The first-order valence-corrected chi connectivity index (χ1v) is 10.6. The standard InChI is InChI=1S/C23H24N2O3/c26-21(24-9-2-1-3-10-24)13-5-4-6-14(11-13)25-22(27)19-15-7-8-16(18-12-17(15)18)20(19)23(25)28/h4-8,11,15-20H,1-3,9-10,12H2/t15-,16-,17-,18-,19-,20+/m1/s1. The van der Waals surface area contributed by atoms with Gasteiger partial charge in [-0.05, 0) is 67.6 Å². The van der Waals surface area contributed by atoms with Crippen LogP contribution in [0.15, 0.2) is 36.4 Å². The zero-order chi connectivity index (χ0) is 19.0. The highest BCUT2D eigenvalue weighted by Gasteiger charge is 2.67. The predicted molar refractivity (Wildman–Crippen MR) is 103 cm³/mol. The molecule has 2 bridgehead atoms. The number of hydrogen-bond acceptors (Lipinski definition) is 3. The second-order valence-corrected chi connectivity index (χ2v) is 9.07. The number of anilines is 1. The summed E-state index contributed by atoms with van der Waals surface area (Å²) in [6, 6.07) is 7.11. The highest BCUT2D eigenvalue weighted by Crippen LogP contribution is 2.65. The van der Waals surface area contributed by atoms with Crippen LogP contribution in [-0.2, 0) is 9.59 Å². The van der Waals surface area contributed by atoms with Gasteiger partial charge in [-0.25, -0.2) is 4.90 Å². The SMILES string of the molecule is O=C(c1cccc(N2C(=O)[C@@H]3[C@@H]4C=C[C@H]([C@H]5C[C@H]45)[C@@H]3C2=O)c1)N1CCCCC1. The van der Waals surface area contributed by atoms with Crippen molar-refractivity contribution < 1.29 is 14.4 Å². The van der Waals surface area contributed by atoms with Gasteiger partial charge in [0, 0.05) is 18.7 Å². The maximum absolute atomic E-state index is 13.3. The number of benzene rings is 1. The van der Waals surface area contributed by atoms with Gasteiger partial charge in [-0.2, -0.15) is 0 Å². The summed E-state index contributed by atoms with van der Waals surface area (Å²) in [4.78, 5) is 42.7. The van der Waals surface area contributed by atoms with Crippen LogP contribution in [0.25, 0.3) is 0 Å². The number of piperidine rings is 1. The fourth-order valence-corrected chi connectivity index (χ4v) is 6.27. The summed E-state index contributed by atoms with van der Waals surface area (Å²) >= 11 is 0. The number of carbonyl (C=O) groups is 3. The van der Waals surface area contributed by atoms with Gasteiger partial charge in [-0.15, -0.1) is 0 Å². The van der Waals surface area contributed by atoms with Crippen LogP contribution >= 0.6 is 0 Å². The molecular weight excluding hydrogens is 352 g/mol. The molecular formula is C23H24N2O3. The van der Waals surface area contributed by atoms with Crippen molar-refractivity contribution in [2.75, 3.05) is 18.0 Å². The van der Waals surface area contributed by atoms with Gasteiger partial charge >= 0.3 is 0 Å². The van der Waals surface area contributed by atoms with Gasteiger partial charge in [0.05, 0.1) is 17.5 Å². The third kappa shape index (κ3) is 2.16. The molecule has 1 aromatic carbocycles. The third-order valence-electron chi connectivity index (χ3n) is 7.66. The van der Waals surface area contributed by atoms with Crippen molar-refractivity contribution >= 4 is 23.4 Å². The summed E-state index contributed by atoms with van der Waals surface area (Å²) in [6.45, 7) is 1.57. The Balaban J connectivity index is 1.31. The fraction of sp³-hybridized carbons (Fsp3) is 0.522. The number of hydrogen-bond donors (Lipinski definition) is 0. The van der Waals surface area contributed by atoms with E-state index in [0.717, 1.165) is 32.4 Å². The van der Waals surface area contributed by atoms with E-state index in [1.807, 2.05) is 4.90 Å². The van der Waals surface area contributed by atoms with Crippen LogP contribution in [0, 0.1) is 35.5 Å². The monoisotopic (exact) mass is 376 g/mol. The summed E-state index contributed by atoms with van der Waals surface area (Å²) in [5.74, 6) is 1.10. The Hall–Kier alpha value is -2.43. The van der Waals surface area contributed by atoms with Crippen LogP contribution in [0.4, 0.5) is 5.69 Å². The van der Waals surface area contributed by atoms with Crippen molar-refractivity contribution in [3.8, 4) is 0 Å². The summed E-state index contributed by atoms with van der Waals surface area (Å²) in [5.41, 5.74) is 1.12. The molecule has 144 valence electrons. The molecule has 4 aliphatic carbocycles. The van der Waals surface area contributed by atoms with E-state index in [0.29, 0.717) is 23.1 Å². The molecule has 1 aromatic rings.